The maximum atomic E-state index is 12.9. The summed E-state index contributed by atoms with van der Waals surface area (Å²) in [6.07, 6.45) is 73.9. The van der Waals surface area contributed by atoms with Gasteiger partial charge in [-0.25, -0.2) is 0 Å². The van der Waals surface area contributed by atoms with E-state index in [1.165, 1.54) is 205 Å². The summed E-state index contributed by atoms with van der Waals surface area (Å²) in [5, 5.41) is 0. The quantitative estimate of drug-likeness (QED) is 0.0261. The summed E-state index contributed by atoms with van der Waals surface area (Å²) in [6.45, 7) is 6.64. The van der Waals surface area contributed by atoms with Crippen molar-refractivity contribution in [2.24, 2.45) is 0 Å². The number of carbonyl (C=O) groups excluding carboxylic acids is 3. The summed E-state index contributed by atoms with van der Waals surface area (Å²) in [4.78, 5) is 38.3. The number of hydrogen-bond donors (Lipinski definition) is 0. The average molecular weight is 996 g/mol. The van der Waals surface area contributed by atoms with Gasteiger partial charge < -0.3 is 14.2 Å². The van der Waals surface area contributed by atoms with E-state index in [1.807, 2.05) is 0 Å². The zero-order valence-electron chi connectivity index (χ0n) is 47.5. The van der Waals surface area contributed by atoms with Crippen LogP contribution in [0.2, 0.25) is 0 Å². The summed E-state index contributed by atoms with van der Waals surface area (Å²) >= 11 is 0. The van der Waals surface area contributed by atoms with Crippen molar-refractivity contribution in [1.29, 1.82) is 0 Å². The van der Waals surface area contributed by atoms with Gasteiger partial charge in [-0.15, -0.1) is 0 Å². The number of esters is 3. The summed E-state index contributed by atoms with van der Waals surface area (Å²) in [5.74, 6) is -0.877. The van der Waals surface area contributed by atoms with Crippen LogP contribution in [0.15, 0.2) is 48.6 Å². The van der Waals surface area contributed by atoms with E-state index in [2.05, 4.69) is 69.4 Å². The average Bonchev–Trinajstić information content (AvgIpc) is 3.37. The van der Waals surface area contributed by atoms with Crippen LogP contribution < -0.4 is 0 Å². The minimum atomic E-state index is -0.780. The molecule has 6 nitrogen and oxygen atoms in total. The first-order valence-corrected chi connectivity index (χ1v) is 31.2. The van der Waals surface area contributed by atoms with Crippen molar-refractivity contribution in [3.63, 3.8) is 0 Å². The lowest BCUT2D eigenvalue weighted by atomic mass is 10.0. The number of ether oxygens (including phenoxy) is 3. The van der Waals surface area contributed by atoms with Crippen molar-refractivity contribution in [3.8, 4) is 0 Å². The fraction of sp³-hybridized carbons (Fsp3) is 0.831. The molecule has 0 amide bonds. The zero-order valence-corrected chi connectivity index (χ0v) is 47.5. The molecule has 0 aliphatic carbocycles. The molecule has 1 atom stereocenters. The van der Waals surface area contributed by atoms with E-state index in [0.717, 1.165) is 83.5 Å². The number of allylic oxidation sites excluding steroid dienone is 8. The number of rotatable bonds is 57. The molecule has 414 valence electrons. The number of hydrogen-bond acceptors (Lipinski definition) is 6. The van der Waals surface area contributed by atoms with E-state index in [9.17, 15) is 14.4 Å². The highest BCUT2D eigenvalue weighted by Crippen LogP contribution is 2.17. The summed E-state index contributed by atoms with van der Waals surface area (Å²) < 4.78 is 16.9. The van der Waals surface area contributed by atoms with Crippen molar-refractivity contribution < 1.29 is 28.6 Å². The van der Waals surface area contributed by atoms with Crippen LogP contribution >= 0.6 is 0 Å². The second-order valence-electron chi connectivity index (χ2n) is 21.1. The maximum absolute atomic E-state index is 12.9. The highest BCUT2D eigenvalue weighted by Gasteiger charge is 2.19. The normalized spacial score (nSPS) is 12.3. The Morgan fingerprint density at radius 3 is 0.817 bits per heavy atom. The molecule has 0 heterocycles. The summed E-state index contributed by atoms with van der Waals surface area (Å²) in [6, 6.07) is 0. The van der Waals surface area contributed by atoms with Crippen LogP contribution in [0.5, 0.6) is 0 Å². The second kappa shape index (κ2) is 59.9. The lowest BCUT2D eigenvalue weighted by Gasteiger charge is -2.18. The van der Waals surface area contributed by atoms with Crippen LogP contribution in [0.25, 0.3) is 0 Å². The Morgan fingerprint density at radius 2 is 0.507 bits per heavy atom. The molecule has 0 spiro atoms. The van der Waals surface area contributed by atoms with Crippen molar-refractivity contribution in [1.82, 2.24) is 0 Å². The Hall–Kier alpha value is -2.63. The molecular weight excluding hydrogens is 877 g/mol. The lowest BCUT2D eigenvalue weighted by Crippen LogP contribution is -2.30. The van der Waals surface area contributed by atoms with Gasteiger partial charge in [0.15, 0.2) is 6.10 Å². The van der Waals surface area contributed by atoms with Crippen molar-refractivity contribution in [2.45, 2.75) is 335 Å². The van der Waals surface area contributed by atoms with Crippen molar-refractivity contribution in [3.05, 3.63) is 48.6 Å². The van der Waals surface area contributed by atoms with E-state index in [4.69, 9.17) is 14.2 Å². The van der Waals surface area contributed by atoms with Gasteiger partial charge in [-0.3, -0.25) is 14.4 Å². The highest BCUT2D eigenvalue weighted by atomic mass is 16.6. The van der Waals surface area contributed by atoms with Crippen LogP contribution in [0, 0.1) is 0 Å². The van der Waals surface area contributed by atoms with Crippen LogP contribution in [0.3, 0.4) is 0 Å². The molecule has 0 radical (unpaired) electrons. The molecule has 71 heavy (non-hydrogen) atoms. The molecule has 0 fully saturated rings. The Bertz CT molecular complexity index is 1230. The van der Waals surface area contributed by atoms with Gasteiger partial charge in [-0.1, -0.05) is 313 Å². The highest BCUT2D eigenvalue weighted by molar-refractivity contribution is 5.71. The first-order valence-electron chi connectivity index (χ1n) is 31.2. The molecule has 0 aliphatic heterocycles. The molecule has 0 bridgehead atoms. The van der Waals surface area contributed by atoms with Gasteiger partial charge in [0.1, 0.15) is 13.2 Å². The SMILES string of the molecule is CCCCC\C=C/C=C\C=C/C=C\CCCCCCCC(=O)OCC(COC(=O)CCCCCCCCCCCCCCCCCCC)OC(=O)CCCCCCCCCCCCCCCCCCCC. The monoisotopic (exact) mass is 995 g/mol. The van der Waals surface area contributed by atoms with E-state index in [1.54, 1.807) is 0 Å². The molecule has 0 rings (SSSR count). The minimum absolute atomic E-state index is 0.0760. The van der Waals surface area contributed by atoms with Crippen LogP contribution in [0.4, 0.5) is 0 Å². The molecule has 0 saturated carbocycles. The zero-order chi connectivity index (χ0) is 51.4. The largest absolute Gasteiger partial charge is 0.462 e. The predicted molar refractivity (Wildman–Crippen MR) is 307 cm³/mol. The molecule has 0 aromatic rings. The summed E-state index contributed by atoms with van der Waals surface area (Å²) in [5.41, 5.74) is 0. The van der Waals surface area contributed by atoms with Gasteiger partial charge in [0.05, 0.1) is 0 Å². The van der Waals surface area contributed by atoms with Gasteiger partial charge >= 0.3 is 17.9 Å². The molecule has 0 aromatic heterocycles. The third-order valence-electron chi connectivity index (χ3n) is 13.9. The molecule has 6 heteroatoms. The number of unbranched alkanes of at least 4 members (excludes halogenated alkanes) is 41. The summed E-state index contributed by atoms with van der Waals surface area (Å²) in [7, 11) is 0. The Labute approximate surface area is 441 Å². The first kappa shape index (κ1) is 68.4. The Kier molecular flexibility index (Phi) is 57.7. The first-order chi connectivity index (χ1) is 35.0. The minimum Gasteiger partial charge on any atom is -0.462 e. The van der Waals surface area contributed by atoms with Gasteiger partial charge in [-0.05, 0) is 44.9 Å². The molecular formula is C65H118O6. The Balaban J connectivity index is 4.38. The third kappa shape index (κ3) is 58.1. The van der Waals surface area contributed by atoms with Gasteiger partial charge in [0.25, 0.3) is 0 Å². The van der Waals surface area contributed by atoms with E-state index >= 15 is 0 Å². The topological polar surface area (TPSA) is 78.9 Å². The number of carbonyl (C=O) groups is 3. The predicted octanol–water partition coefficient (Wildman–Crippen LogP) is 21.0. The second-order valence-corrected chi connectivity index (χ2v) is 21.1. The van der Waals surface area contributed by atoms with Crippen LogP contribution in [0.1, 0.15) is 329 Å². The van der Waals surface area contributed by atoms with Crippen molar-refractivity contribution >= 4 is 17.9 Å². The van der Waals surface area contributed by atoms with E-state index in [-0.39, 0.29) is 31.1 Å². The molecule has 0 aromatic carbocycles. The molecule has 1 unspecified atom stereocenters. The van der Waals surface area contributed by atoms with Gasteiger partial charge in [0, 0.05) is 19.3 Å². The van der Waals surface area contributed by atoms with Gasteiger partial charge in [-0.2, -0.15) is 0 Å². The third-order valence-corrected chi connectivity index (χ3v) is 13.9. The lowest BCUT2D eigenvalue weighted by molar-refractivity contribution is -0.167. The molecule has 0 aliphatic rings. The standard InChI is InChI=1S/C65H118O6/c1-4-7-10-13-16-19-22-25-28-31-34-37-40-43-46-49-52-55-58-64(67)70-61-62(60-69-63(66)57-54-51-48-45-42-39-36-33-30-27-24-21-18-15-12-9-6-3)71-65(68)59-56-53-50-47-44-41-38-35-32-29-26-23-20-17-14-11-8-5-2/h16,19,22,25,28,31,34,37,62H,4-15,17-18,20-21,23-24,26-27,29-30,32-33,35-36,38-61H2,1-3H3/b19-16-,25-22-,31-28-,37-34-. The maximum Gasteiger partial charge on any atom is 0.306 e. The van der Waals surface area contributed by atoms with Gasteiger partial charge in [0.2, 0.25) is 0 Å². The van der Waals surface area contributed by atoms with Crippen molar-refractivity contribution in [2.75, 3.05) is 13.2 Å². The van der Waals surface area contributed by atoms with E-state index in [0.29, 0.717) is 19.3 Å². The van der Waals surface area contributed by atoms with Crippen LogP contribution in [-0.2, 0) is 28.6 Å². The fourth-order valence-electron chi connectivity index (χ4n) is 9.22. The van der Waals surface area contributed by atoms with E-state index < -0.39 is 6.10 Å². The fourth-order valence-corrected chi connectivity index (χ4v) is 9.22. The smallest absolute Gasteiger partial charge is 0.306 e. The van der Waals surface area contributed by atoms with Crippen LogP contribution in [-0.4, -0.2) is 37.2 Å². The molecule has 0 N–H and O–H groups in total. The Morgan fingerprint density at radius 1 is 0.282 bits per heavy atom. The molecule has 0 saturated heterocycles.